The molecule has 0 unspecified atom stereocenters. The molecular weight excluding hydrogens is 407 g/mol. The molecule has 0 amide bonds. The topological polar surface area (TPSA) is 72.2 Å². The summed E-state index contributed by atoms with van der Waals surface area (Å²) in [5, 5.41) is 0. The summed E-state index contributed by atoms with van der Waals surface area (Å²) in [5.74, 6) is 0. The van der Waals surface area contributed by atoms with E-state index in [0.29, 0.717) is 11.3 Å². The van der Waals surface area contributed by atoms with E-state index in [1.54, 1.807) is 24.3 Å². The van der Waals surface area contributed by atoms with E-state index in [2.05, 4.69) is 27.3 Å². The summed E-state index contributed by atoms with van der Waals surface area (Å²) >= 11 is 6.98. The van der Waals surface area contributed by atoms with Crippen LogP contribution < -0.4 is 10.5 Å². The highest BCUT2D eigenvalue weighted by Gasteiger charge is 2.14. The smallest absolute Gasteiger partial charge is 0.261 e. The van der Waals surface area contributed by atoms with Crippen molar-refractivity contribution in [2.24, 2.45) is 5.73 Å². The van der Waals surface area contributed by atoms with E-state index in [9.17, 15) is 8.42 Å². The normalized spacial score (nSPS) is 11.1. The summed E-state index contributed by atoms with van der Waals surface area (Å²) in [5.41, 5.74) is 6.63. The Morgan fingerprint density at radius 2 is 1.60 bits per heavy atom. The van der Waals surface area contributed by atoms with Crippen molar-refractivity contribution in [3.63, 3.8) is 0 Å². The number of benzene rings is 2. The number of thiocarbonyl (C=S) groups is 1. The van der Waals surface area contributed by atoms with Gasteiger partial charge in [0.2, 0.25) is 0 Å². The van der Waals surface area contributed by atoms with Crippen LogP contribution in [-0.2, 0) is 10.0 Å². The van der Waals surface area contributed by atoms with Gasteiger partial charge in [-0.15, -0.1) is 0 Å². The summed E-state index contributed by atoms with van der Waals surface area (Å²) < 4.78 is 27.9. The van der Waals surface area contributed by atoms with Crippen molar-refractivity contribution in [1.29, 1.82) is 0 Å². The van der Waals surface area contributed by atoms with Crippen molar-refractivity contribution in [3.8, 4) is 0 Å². The van der Waals surface area contributed by atoms with Crippen molar-refractivity contribution >= 4 is 55.5 Å². The summed E-state index contributed by atoms with van der Waals surface area (Å²) in [6.45, 7) is 0. The van der Waals surface area contributed by atoms with Gasteiger partial charge in [-0.3, -0.25) is 4.72 Å². The maximum Gasteiger partial charge on any atom is 0.261 e. The van der Waals surface area contributed by atoms with Crippen LogP contribution in [-0.4, -0.2) is 13.4 Å². The van der Waals surface area contributed by atoms with Gasteiger partial charge in [-0.1, -0.05) is 24.4 Å². The molecule has 0 spiro atoms. The number of rotatable bonds is 4. The number of nitrogens with one attached hydrogen (secondary N) is 1. The summed E-state index contributed by atoms with van der Waals surface area (Å²) in [6, 6.07) is 13.2. The van der Waals surface area contributed by atoms with Gasteiger partial charge in [0.1, 0.15) is 4.99 Å². The fraction of sp³-hybridized carbons (Fsp3) is 0. The molecule has 0 aliphatic heterocycles. The summed E-state index contributed by atoms with van der Waals surface area (Å²) in [7, 11) is -3.61. The van der Waals surface area contributed by atoms with Gasteiger partial charge in [-0.05, 0) is 59.0 Å². The minimum Gasteiger partial charge on any atom is -0.389 e. The molecule has 2 rings (SSSR count). The van der Waals surface area contributed by atoms with Gasteiger partial charge in [0.25, 0.3) is 10.0 Å². The number of hydrogen-bond acceptors (Lipinski definition) is 3. The zero-order valence-corrected chi connectivity index (χ0v) is 14.0. The van der Waals surface area contributed by atoms with Gasteiger partial charge in [0.05, 0.1) is 4.90 Å². The molecule has 0 aliphatic carbocycles. The molecule has 0 aromatic heterocycles. The monoisotopic (exact) mass is 418 g/mol. The molecule has 0 radical (unpaired) electrons. The lowest BCUT2D eigenvalue weighted by Gasteiger charge is -2.08. The van der Waals surface area contributed by atoms with Crippen molar-refractivity contribution in [1.82, 2.24) is 0 Å². The van der Waals surface area contributed by atoms with E-state index < -0.39 is 10.0 Å². The average Bonchev–Trinajstić information content (AvgIpc) is 2.41. The maximum atomic E-state index is 12.2. The van der Waals surface area contributed by atoms with Crippen molar-refractivity contribution in [2.45, 2.75) is 4.90 Å². The van der Waals surface area contributed by atoms with E-state index >= 15 is 0 Å². The largest absolute Gasteiger partial charge is 0.389 e. The molecule has 20 heavy (non-hydrogen) atoms. The molecule has 2 aromatic carbocycles. The standard InChI is InChI=1S/C13H11IN2O2S2/c14-10-3-5-11(6-4-10)16-20(17,18)12-7-1-9(2-8-12)13(15)19/h1-8,16H,(H2,15,19). The molecule has 0 fully saturated rings. The van der Waals surface area contributed by atoms with Crippen LogP contribution in [0.5, 0.6) is 0 Å². The van der Waals surface area contributed by atoms with Crippen molar-refractivity contribution in [3.05, 3.63) is 57.7 Å². The van der Waals surface area contributed by atoms with E-state index in [1.165, 1.54) is 12.1 Å². The molecule has 3 N–H and O–H groups in total. The lowest BCUT2D eigenvalue weighted by molar-refractivity contribution is 0.601. The molecule has 0 heterocycles. The summed E-state index contributed by atoms with van der Waals surface area (Å²) in [4.78, 5) is 0.399. The Morgan fingerprint density at radius 3 is 2.10 bits per heavy atom. The number of halogens is 1. The third-order valence-corrected chi connectivity index (χ3v) is 4.90. The van der Waals surface area contributed by atoms with Crippen LogP contribution in [0.15, 0.2) is 53.4 Å². The fourth-order valence-corrected chi connectivity index (χ4v) is 3.08. The Bertz CT molecular complexity index is 726. The first-order valence-electron chi connectivity index (χ1n) is 5.57. The quantitative estimate of drug-likeness (QED) is 0.592. The van der Waals surface area contributed by atoms with E-state index in [4.69, 9.17) is 18.0 Å². The van der Waals surface area contributed by atoms with Crippen LogP contribution in [0.1, 0.15) is 5.56 Å². The minimum atomic E-state index is -3.61. The number of anilines is 1. The second-order valence-electron chi connectivity index (χ2n) is 4.00. The third kappa shape index (κ3) is 3.68. The van der Waals surface area contributed by atoms with Gasteiger partial charge >= 0.3 is 0 Å². The zero-order valence-electron chi connectivity index (χ0n) is 10.2. The second kappa shape index (κ2) is 6.06. The van der Waals surface area contributed by atoms with Gasteiger partial charge < -0.3 is 5.73 Å². The van der Waals surface area contributed by atoms with Gasteiger partial charge in [-0.2, -0.15) is 0 Å². The van der Waals surface area contributed by atoms with Gasteiger partial charge in [0.15, 0.2) is 0 Å². The van der Waals surface area contributed by atoms with E-state index in [-0.39, 0.29) is 9.88 Å². The molecule has 0 saturated heterocycles. The SMILES string of the molecule is NC(=S)c1ccc(S(=O)(=O)Nc2ccc(I)cc2)cc1. The predicted octanol–water partition coefficient (Wildman–Crippen LogP) is 2.73. The Balaban J connectivity index is 2.26. The highest BCUT2D eigenvalue weighted by atomic mass is 127. The molecular formula is C13H11IN2O2S2. The highest BCUT2D eigenvalue weighted by molar-refractivity contribution is 14.1. The predicted molar refractivity (Wildman–Crippen MR) is 92.3 cm³/mol. The van der Waals surface area contributed by atoms with Crippen molar-refractivity contribution in [2.75, 3.05) is 4.72 Å². The first kappa shape index (κ1) is 15.2. The Labute approximate surface area is 136 Å². The zero-order chi connectivity index (χ0) is 14.8. The number of sulfonamides is 1. The van der Waals surface area contributed by atoms with E-state index in [1.807, 2.05) is 12.1 Å². The van der Waals surface area contributed by atoms with Crippen LogP contribution in [0.2, 0.25) is 0 Å². The van der Waals surface area contributed by atoms with Gasteiger partial charge in [0, 0.05) is 14.8 Å². The molecule has 4 nitrogen and oxygen atoms in total. The number of nitrogens with two attached hydrogens (primary N) is 1. The Kier molecular flexibility index (Phi) is 4.61. The fourth-order valence-electron chi connectivity index (χ4n) is 1.53. The lowest BCUT2D eigenvalue weighted by Crippen LogP contribution is -2.14. The molecule has 0 saturated carbocycles. The van der Waals surface area contributed by atoms with E-state index in [0.717, 1.165) is 3.57 Å². The van der Waals surface area contributed by atoms with Crippen LogP contribution in [0.4, 0.5) is 5.69 Å². The Morgan fingerprint density at radius 1 is 1.05 bits per heavy atom. The maximum absolute atomic E-state index is 12.2. The third-order valence-electron chi connectivity index (χ3n) is 2.55. The van der Waals surface area contributed by atoms with Crippen LogP contribution in [0.3, 0.4) is 0 Å². The number of hydrogen-bond donors (Lipinski definition) is 2. The first-order chi connectivity index (χ1) is 9.38. The lowest BCUT2D eigenvalue weighted by atomic mass is 10.2. The molecule has 0 bridgehead atoms. The Hall–Kier alpha value is -1.19. The van der Waals surface area contributed by atoms with Crippen LogP contribution >= 0.6 is 34.8 Å². The molecule has 7 heteroatoms. The first-order valence-corrected chi connectivity index (χ1v) is 8.54. The molecule has 104 valence electrons. The van der Waals surface area contributed by atoms with Gasteiger partial charge in [-0.25, -0.2) is 8.42 Å². The summed E-state index contributed by atoms with van der Waals surface area (Å²) in [6.07, 6.45) is 0. The second-order valence-corrected chi connectivity index (χ2v) is 7.37. The van der Waals surface area contributed by atoms with Crippen molar-refractivity contribution < 1.29 is 8.42 Å². The highest BCUT2D eigenvalue weighted by Crippen LogP contribution is 2.17. The molecule has 0 atom stereocenters. The minimum absolute atomic E-state index is 0.163. The van der Waals surface area contributed by atoms with Crippen LogP contribution in [0.25, 0.3) is 0 Å². The molecule has 0 aliphatic rings. The van der Waals surface area contributed by atoms with Crippen LogP contribution in [0, 0.1) is 3.57 Å². The molecule has 2 aromatic rings. The average molecular weight is 418 g/mol.